The van der Waals surface area contributed by atoms with E-state index in [1.165, 1.54) is 35.7 Å². The number of rotatable bonds is 5. The minimum absolute atomic E-state index is 0.0350. The van der Waals surface area contributed by atoms with Crippen LogP contribution in [0.3, 0.4) is 0 Å². The number of hydrogen-bond acceptors (Lipinski definition) is 5. The van der Waals surface area contributed by atoms with Gasteiger partial charge in [0.25, 0.3) is 0 Å². The Labute approximate surface area is 158 Å². The van der Waals surface area contributed by atoms with E-state index in [1.54, 1.807) is 18.2 Å². The lowest BCUT2D eigenvalue weighted by molar-refractivity contribution is 0.180. The Morgan fingerprint density at radius 3 is 2.52 bits per heavy atom. The topological polar surface area (TPSA) is 73.6 Å². The van der Waals surface area contributed by atoms with Crippen LogP contribution in [-0.4, -0.2) is 50.9 Å². The molecule has 0 radical (unpaired) electrons. The Kier molecular flexibility index (Phi) is 5.75. The second kappa shape index (κ2) is 8.05. The van der Waals surface area contributed by atoms with E-state index in [0.29, 0.717) is 38.5 Å². The molecular formula is C19H20FN3O3S. The normalized spacial score (nSPS) is 16.0. The van der Waals surface area contributed by atoms with Gasteiger partial charge in [0, 0.05) is 38.3 Å². The average molecular weight is 389 g/mol. The Balaban J connectivity index is 1.71. The number of ether oxygens (including phenoxy) is 1. The van der Waals surface area contributed by atoms with Gasteiger partial charge in [0.2, 0.25) is 10.0 Å². The van der Waals surface area contributed by atoms with E-state index in [1.807, 2.05) is 6.07 Å². The Bertz CT molecular complexity index is 964. The minimum atomic E-state index is -3.72. The van der Waals surface area contributed by atoms with Crippen molar-refractivity contribution in [1.29, 1.82) is 5.26 Å². The highest BCUT2D eigenvalue weighted by Gasteiger charge is 2.30. The molecule has 3 rings (SSSR count). The summed E-state index contributed by atoms with van der Waals surface area (Å²) in [5.41, 5.74) is 0.869. The van der Waals surface area contributed by atoms with Gasteiger partial charge in [-0.05, 0) is 30.3 Å². The van der Waals surface area contributed by atoms with Crippen LogP contribution >= 0.6 is 0 Å². The smallest absolute Gasteiger partial charge is 0.244 e. The summed E-state index contributed by atoms with van der Waals surface area (Å²) in [5.74, 6) is 0.273. The summed E-state index contributed by atoms with van der Waals surface area (Å²) >= 11 is 0. The van der Waals surface area contributed by atoms with Crippen molar-refractivity contribution in [2.45, 2.75) is 11.4 Å². The monoisotopic (exact) mass is 389 g/mol. The van der Waals surface area contributed by atoms with Gasteiger partial charge in [-0.1, -0.05) is 12.1 Å². The fraction of sp³-hybridized carbons (Fsp3) is 0.316. The van der Waals surface area contributed by atoms with Crippen molar-refractivity contribution < 1.29 is 17.5 Å². The summed E-state index contributed by atoms with van der Waals surface area (Å²) < 4.78 is 45.9. The molecule has 1 saturated heterocycles. The zero-order valence-electron chi connectivity index (χ0n) is 14.9. The fourth-order valence-electron chi connectivity index (χ4n) is 3.16. The first-order chi connectivity index (χ1) is 13.0. The third-order valence-electron chi connectivity index (χ3n) is 4.59. The van der Waals surface area contributed by atoms with Crippen molar-refractivity contribution in [2.75, 3.05) is 33.3 Å². The van der Waals surface area contributed by atoms with Gasteiger partial charge in [0.1, 0.15) is 17.6 Å². The van der Waals surface area contributed by atoms with E-state index in [4.69, 9.17) is 4.74 Å². The van der Waals surface area contributed by atoms with Crippen molar-refractivity contribution in [3.05, 3.63) is 59.4 Å². The van der Waals surface area contributed by atoms with Gasteiger partial charge in [-0.2, -0.15) is 9.57 Å². The lowest BCUT2D eigenvalue weighted by Gasteiger charge is -2.34. The summed E-state index contributed by atoms with van der Waals surface area (Å²) in [4.78, 5) is 2.09. The number of hydrogen-bond donors (Lipinski definition) is 0. The van der Waals surface area contributed by atoms with Gasteiger partial charge < -0.3 is 4.74 Å². The van der Waals surface area contributed by atoms with Gasteiger partial charge in [0.15, 0.2) is 0 Å². The number of halogens is 1. The first kappa shape index (κ1) is 19.3. The number of piperazine rings is 1. The Morgan fingerprint density at radius 2 is 1.85 bits per heavy atom. The molecule has 1 heterocycles. The summed E-state index contributed by atoms with van der Waals surface area (Å²) in [6.45, 7) is 2.10. The summed E-state index contributed by atoms with van der Waals surface area (Å²) in [6.07, 6.45) is 0. The number of sulfonamides is 1. The predicted molar refractivity (Wildman–Crippen MR) is 98.1 cm³/mol. The molecule has 27 heavy (non-hydrogen) atoms. The minimum Gasteiger partial charge on any atom is -0.496 e. The second-order valence-electron chi connectivity index (χ2n) is 6.24. The quantitative estimate of drug-likeness (QED) is 0.784. The van der Waals surface area contributed by atoms with Crippen molar-refractivity contribution in [3.8, 4) is 11.8 Å². The molecule has 0 saturated carbocycles. The van der Waals surface area contributed by atoms with Crippen LogP contribution in [-0.2, 0) is 16.6 Å². The van der Waals surface area contributed by atoms with Crippen molar-refractivity contribution in [1.82, 2.24) is 9.21 Å². The Hall–Kier alpha value is -2.47. The molecule has 1 aliphatic heterocycles. The van der Waals surface area contributed by atoms with Crippen LogP contribution in [0.1, 0.15) is 11.1 Å². The maximum atomic E-state index is 13.5. The molecule has 0 unspecified atom stereocenters. The Morgan fingerprint density at radius 1 is 1.15 bits per heavy atom. The van der Waals surface area contributed by atoms with Gasteiger partial charge in [-0.25, -0.2) is 12.8 Å². The molecule has 0 N–H and O–H groups in total. The molecule has 0 bridgehead atoms. The lowest BCUT2D eigenvalue weighted by Crippen LogP contribution is -2.48. The predicted octanol–water partition coefficient (Wildman–Crippen LogP) is 2.21. The zero-order chi connectivity index (χ0) is 19.4. The van der Waals surface area contributed by atoms with Gasteiger partial charge in [0.05, 0.1) is 17.6 Å². The fourth-order valence-corrected chi connectivity index (χ4v) is 4.73. The van der Waals surface area contributed by atoms with Crippen LogP contribution in [0.25, 0.3) is 0 Å². The highest BCUT2D eigenvalue weighted by molar-refractivity contribution is 7.89. The second-order valence-corrected chi connectivity index (χ2v) is 8.15. The molecule has 0 aliphatic carbocycles. The van der Waals surface area contributed by atoms with Crippen molar-refractivity contribution in [2.24, 2.45) is 0 Å². The average Bonchev–Trinajstić information content (AvgIpc) is 2.68. The number of benzene rings is 2. The first-order valence-corrected chi connectivity index (χ1v) is 9.94. The largest absolute Gasteiger partial charge is 0.496 e. The van der Waals surface area contributed by atoms with Crippen molar-refractivity contribution >= 4 is 10.0 Å². The molecule has 0 aromatic heterocycles. The molecule has 2 aromatic carbocycles. The van der Waals surface area contributed by atoms with E-state index in [0.717, 1.165) is 5.56 Å². The summed E-state index contributed by atoms with van der Waals surface area (Å²) in [6, 6.07) is 12.5. The molecular weight excluding hydrogens is 369 g/mol. The van der Waals surface area contributed by atoms with Gasteiger partial charge in [-0.3, -0.25) is 4.90 Å². The molecule has 0 atom stereocenters. The molecule has 0 spiro atoms. The standard InChI is InChI=1S/C19H20FN3O3S/c1-26-18-7-6-17(20)12-16(18)14-22-8-10-23(11-9-22)27(24,25)19-5-3-2-4-15(19)13-21/h2-7,12H,8-11,14H2,1H3. The summed E-state index contributed by atoms with van der Waals surface area (Å²) in [5, 5.41) is 9.17. The van der Waals surface area contributed by atoms with Crippen LogP contribution in [0.15, 0.2) is 47.4 Å². The number of nitrogens with zero attached hydrogens (tertiary/aromatic N) is 3. The van der Waals surface area contributed by atoms with Gasteiger partial charge in [-0.15, -0.1) is 0 Å². The molecule has 6 nitrogen and oxygen atoms in total. The maximum absolute atomic E-state index is 13.5. The third-order valence-corrected chi connectivity index (χ3v) is 6.55. The maximum Gasteiger partial charge on any atom is 0.244 e. The van der Waals surface area contributed by atoms with Crippen LogP contribution in [0, 0.1) is 17.1 Å². The first-order valence-electron chi connectivity index (χ1n) is 8.50. The highest BCUT2D eigenvalue weighted by atomic mass is 32.2. The third kappa shape index (κ3) is 4.11. The molecule has 8 heteroatoms. The zero-order valence-corrected chi connectivity index (χ0v) is 15.7. The van der Waals surface area contributed by atoms with Crippen LogP contribution < -0.4 is 4.74 Å². The lowest BCUT2D eigenvalue weighted by atomic mass is 10.1. The molecule has 2 aromatic rings. The van der Waals surface area contributed by atoms with Crippen molar-refractivity contribution in [3.63, 3.8) is 0 Å². The summed E-state index contributed by atoms with van der Waals surface area (Å²) in [7, 11) is -2.19. The SMILES string of the molecule is COc1ccc(F)cc1CN1CCN(S(=O)(=O)c2ccccc2C#N)CC1. The highest BCUT2D eigenvalue weighted by Crippen LogP contribution is 2.24. The van der Waals surface area contributed by atoms with E-state index in [2.05, 4.69) is 4.90 Å². The van der Waals surface area contributed by atoms with Gasteiger partial charge >= 0.3 is 0 Å². The van der Waals surface area contributed by atoms with Crippen LogP contribution in [0.4, 0.5) is 4.39 Å². The molecule has 1 fully saturated rings. The molecule has 0 amide bonds. The van der Waals surface area contributed by atoms with Crippen LogP contribution in [0.5, 0.6) is 5.75 Å². The van der Waals surface area contributed by atoms with E-state index < -0.39 is 10.0 Å². The van der Waals surface area contributed by atoms with E-state index in [-0.39, 0.29) is 16.3 Å². The van der Waals surface area contributed by atoms with E-state index in [9.17, 15) is 18.1 Å². The van der Waals surface area contributed by atoms with Crippen LogP contribution in [0.2, 0.25) is 0 Å². The molecule has 1 aliphatic rings. The molecule has 142 valence electrons. The number of nitriles is 1. The number of methoxy groups -OCH3 is 1. The van der Waals surface area contributed by atoms with E-state index >= 15 is 0 Å².